The van der Waals surface area contributed by atoms with Gasteiger partial charge in [0.2, 0.25) is 11.9 Å². The largest absolute Gasteiger partial charge is 0.491 e. The van der Waals surface area contributed by atoms with Crippen molar-refractivity contribution < 1.29 is 28.5 Å². The lowest BCUT2D eigenvalue weighted by Gasteiger charge is -2.31. The minimum atomic E-state index is -0.293. The first-order valence-corrected chi connectivity index (χ1v) is 43.1. The molecule has 12 aromatic rings. The number of carbonyl (C=O) groups is 2. The standard InChI is InChI=1S/C25H27ClN4O3.C24H25ClN4O3.C22H26ClN5O2.C21H24ClN5O2/c1-4-16-5-7-17(8-6-16)23-27-13-20(26)24(29-23)28-19-9-10-21-18(11-19)12-22(25(32)30(21)3)33-14-15(2)31;1-14-4-6-16(7-5-14)22-26-12-19(25)23(28-22)27-18-8-9-20-17(10-18)11-21(24(31)29(20)3)32-13-15(2)30;1-4-14-7-9-28(10-8-14)22-24-13-17(23)20(26-22)25-16-5-6-18-15(11-16)12-19(30-3)21(29)27(18)2;1-13-6-8-27(9-7-13)21-23-12-16(22)19(25-21)24-15-4-5-17-14(10-15)11-18(29-3)20(28)26(17)2/h7,9-13,16H,4-6,8,14H2,1-3H3,(H,27,28,29);6,8-12,14H,4-5,7,13H2,1-3H3,(H,26,27,28);5-6,11-14H,4,7-10H2,1-3H3,(H,24,25,26);4-5,10-13H,6-9H2,1-3H3,(H,23,24,25)/t;14-;;/m.1../s1. The first-order valence-electron chi connectivity index (χ1n) is 41.6. The van der Waals surface area contributed by atoms with Crippen LogP contribution in [-0.2, 0) is 37.8 Å². The molecule has 2 atom stereocenters. The molecule has 0 radical (unpaired) electrons. The van der Waals surface area contributed by atoms with Gasteiger partial charge in [0.05, 0.1) is 61.1 Å². The number of ether oxygens (including phenoxy) is 4. The maximum Gasteiger partial charge on any atom is 0.293 e. The van der Waals surface area contributed by atoms with Crippen LogP contribution in [0.4, 0.5) is 57.9 Å². The maximum atomic E-state index is 12.5. The minimum Gasteiger partial charge on any atom is -0.491 e. The average Bonchev–Trinajstić information content (AvgIpc) is 0.799. The third-order valence-corrected chi connectivity index (χ3v) is 24.1. The Morgan fingerprint density at radius 3 is 1.07 bits per heavy atom. The number of allylic oxidation sites excluding steroid dienone is 4. The van der Waals surface area contributed by atoms with Crippen LogP contribution >= 0.6 is 46.4 Å². The number of hydrogen-bond acceptors (Lipinski definition) is 24. The Hall–Kier alpha value is -12.0. The van der Waals surface area contributed by atoms with Gasteiger partial charge < -0.3 is 68.3 Å². The molecule has 2 fully saturated rings. The smallest absolute Gasteiger partial charge is 0.293 e. The van der Waals surface area contributed by atoms with Crippen LogP contribution in [0.25, 0.3) is 54.8 Å². The number of pyridine rings is 4. The van der Waals surface area contributed by atoms with Crippen molar-refractivity contribution in [2.45, 2.75) is 119 Å². The van der Waals surface area contributed by atoms with Gasteiger partial charge in [-0.15, -0.1) is 0 Å². The first-order chi connectivity index (χ1) is 59.6. The summed E-state index contributed by atoms with van der Waals surface area (Å²) in [6.45, 7) is 15.4. The number of rotatable bonds is 22. The Labute approximate surface area is 738 Å². The van der Waals surface area contributed by atoms with E-state index < -0.39 is 0 Å². The molecular formula is C92H102Cl4N18O10. The molecule has 10 heterocycles. The maximum absolute atomic E-state index is 12.5. The lowest BCUT2D eigenvalue weighted by molar-refractivity contribution is -0.119. The van der Waals surface area contributed by atoms with Crippen molar-refractivity contribution in [2.75, 3.05) is 84.7 Å². The highest BCUT2D eigenvalue weighted by Crippen LogP contribution is 2.38. The number of fused-ring (bicyclic) bond motifs is 4. The molecule has 28 nitrogen and oxygen atoms in total. The fourth-order valence-electron chi connectivity index (χ4n) is 15.3. The predicted molar refractivity (Wildman–Crippen MR) is 496 cm³/mol. The third-order valence-electron chi connectivity index (χ3n) is 23.0. The Kier molecular flexibility index (Phi) is 29.4. The van der Waals surface area contributed by atoms with E-state index >= 15 is 0 Å². The molecule has 2 saturated heterocycles. The summed E-state index contributed by atoms with van der Waals surface area (Å²) >= 11 is 25.5. The highest BCUT2D eigenvalue weighted by atomic mass is 35.5. The van der Waals surface area contributed by atoms with Crippen molar-refractivity contribution in [3.63, 3.8) is 0 Å². The molecule has 4 aliphatic rings. The summed E-state index contributed by atoms with van der Waals surface area (Å²) in [4.78, 5) is 113. The first kappa shape index (κ1) is 89.8. The topological polar surface area (TPSA) is 317 Å². The number of benzene rings is 4. The van der Waals surface area contributed by atoms with Crippen LogP contribution in [0.1, 0.15) is 130 Å². The molecule has 1 unspecified atom stereocenters. The van der Waals surface area contributed by atoms with Crippen LogP contribution in [-0.4, -0.2) is 123 Å². The van der Waals surface area contributed by atoms with Gasteiger partial charge in [-0.3, -0.25) is 28.8 Å². The number of Topliss-reactive ketones (excluding diaryl/α,β-unsaturated/α-hetero) is 2. The summed E-state index contributed by atoms with van der Waals surface area (Å²) in [5.41, 5.74) is 7.65. The van der Waals surface area contributed by atoms with Gasteiger partial charge in [0, 0.05) is 98.7 Å². The molecule has 8 aromatic heterocycles. The Bertz CT molecular complexity index is 6320. The van der Waals surface area contributed by atoms with Gasteiger partial charge in [-0.2, -0.15) is 9.97 Å². The van der Waals surface area contributed by atoms with Gasteiger partial charge in [-0.1, -0.05) is 99.1 Å². The monoisotopic (exact) mass is 1760 g/mol. The molecule has 16 rings (SSSR count). The van der Waals surface area contributed by atoms with Crippen LogP contribution < -0.4 is 72.3 Å². The summed E-state index contributed by atoms with van der Waals surface area (Å²) < 4.78 is 27.4. The van der Waals surface area contributed by atoms with Crippen molar-refractivity contribution in [1.29, 1.82) is 0 Å². The molecule has 0 saturated carbocycles. The molecule has 32 heteroatoms. The Morgan fingerprint density at radius 2 is 0.742 bits per heavy atom. The highest BCUT2D eigenvalue weighted by molar-refractivity contribution is 6.34. The van der Waals surface area contributed by atoms with E-state index in [9.17, 15) is 28.8 Å². The molecule has 4 aromatic carbocycles. The second kappa shape index (κ2) is 40.6. The van der Waals surface area contributed by atoms with Crippen LogP contribution in [0.15, 0.2) is 153 Å². The van der Waals surface area contributed by atoms with E-state index in [1.165, 1.54) is 50.0 Å². The summed E-state index contributed by atoms with van der Waals surface area (Å²) in [5.74, 6) is 8.45. The van der Waals surface area contributed by atoms with Gasteiger partial charge in [-0.25, -0.2) is 29.9 Å². The number of methoxy groups -OCH3 is 2. The van der Waals surface area contributed by atoms with Crippen LogP contribution in [0, 0.1) is 23.7 Å². The summed E-state index contributed by atoms with van der Waals surface area (Å²) in [5, 5.41) is 18.2. The van der Waals surface area contributed by atoms with Crippen LogP contribution in [0.5, 0.6) is 23.0 Å². The number of aryl methyl sites for hydroxylation is 4. The minimum absolute atomic E-state index is 0.133. The molecule has 0 spiro atoms. The van der Waals surface area contributed by atoms with E-state index in [-0.39, 0.29) is 58.5 Å². The molecule has 4 N–H and O–H groups in total. The van der Waals surface area contributed by atoms with Gasteiger partial charge in [-0.05, 0) is 210 Å². The number of aromatic nitrogens is 12. The van der Waals surface area contributed by atoms with E-state index in [2.05, 4.69) is 111 Å². The third kappa shape index (κ3) is 21.6. The Morgan fingerprint density at radius 1 is 0.411 bits per heavy atom. The highest BCUT2D eigenvalue weighted by Gasteiger charge is 2.25. The average molecular weight is 1760 g/mol. The SMILES string of the molecule is CC(=O)COc1cc2cc(Nc3nc(C4=CC[C@@H](C)CC4)ncc3Cl)ccc2n(C)c1=O.CCC1CC=C(c2ncc(Cl)c(Nc3ccc4c(c3)cc(OCC(C)=O)c(=O)n4C)n2)CC1.CCC1CCN(c2ncc(Cl)c(Nc3ccc4c(c3)cc(OC)c(=O)n4C)n2)CC1.COc1cc2cc(Nc3nc(N4CCC(C)CC4)ncc3Cl)ccc2n(C)c1=O. The lowest BCUT2D eigenvalue weighted by atomic mass is 9.88. The van der Waals surface area contributed by atoms with Crippen LogP contribution in [0.2, 0.25) is 20.1 Å². The number of halogens is 4. The molecule has 0 amide bonds. The quantitative estimate of drug-likeness (QED) is 0.0490. The van der Waals surface area contributed by atoms with E-state index in [0.717, 1.165) is 186 Å². The van der Waals surface area contributed by atoms with Gasteiger partial charge in [0.25, 0.3) is 22.2 Å². The zero-order valence-corrected chi connectivity index (χ0v) is 74.6. The fourth-order valence-corrected chi connectivity index (χ4v) is 15.9. The Balaban J connectivity index is 0.000000142. The van der Waals surface area contributed by atoms with Gasteiger partial charge in [0.15, 0.2) is 69.5 Å². The summed E-state index contributed by atoms with van der Waals surface area (Å²) in [6.07, 6.45) is 24.3. The van der Waals surface area contributed by atoms with E-state index in [4.69, 9.17) is 65.4 Å². The lowest BCUT2D eigenvalue weighted by Crippen LogP contribution is -2.34. The summed E-state index contributed by atoms with van der Waals surface area (Å²) in [7, 11) is 9.80. The van der Waals surface area contributed by atoms with Crippen molar-refractivity contribution in [3.05, 3.63) is 207 Å². The molecule has 2 aliphatic carbocycles. The number of hydrogen-bond donors (Lipinski definition) is 4. The zero-order valence-electron chi connectivity index (χ0n) is 71.6. The van der Waals surface area contributed by atoms with Crippen molar-refractivity contribution in [1.82, 2.24) is 58.1 Å². The van der Waals surface area contributed by atoms with E-state index in [0.29, 0.717) is 84.3 Å². The molecule has 124 heavy (non-hydrogen) atoms. The van der Waals surface area contributed by atoms with Crippen molar-refractivity contribution >= 4 is 171 Å². The fraction of sp³-hybridized carbons (Fsp3) is 0.370. The summed E-state index contributed by atoms with van der Waals surface area (Å²) in [6, 6.07) is 29.4. The van der Waals surface area contributed by atoms with Gasteiger partial charge in [0.1, 0.15) is 33.3 Å². The van der Waals surface area contributed by atoms with Crippen molar-refractivity contribution in [3.8, 4) is 23.0 Å². The number of piperidine rings is 2. The number of carbonyl (C=O) groups excluding carboxylic acids is 2. The molecular weight excluding hydrogens is 1660 g/mol. The van der Waals surface area contributed by atoms with E-state index in [1.807, 2.05) is 72.8 Å². The number of nitrogens with zero attached hydrogens (tertiary/aromatic N) is 14. The molecule has 0 bridgehead atoms. The second-order valence-electron chi connectivity index (χ2n) is 31.9. The van der Waals surface area contributed by atoms with Crippen molar-refractivity contribution in [2.24, 2.45) is 51.9 Å². The number of anilines is 10. The normalized spacial score (nSPS) is 15.5. The second-order valence-corrected chi connectivity index (χ2v) is 33.5. The van der Waals surface area contributed by atoms with Gasteiger partial charge >= 0.3 is 0 Å². The molecule has 648 valence electrons. The van der Waals surface area contributed by atoms with E-state index in [1.54, 1.807) is 86.4 Å². The zero-order chi connectivity index (χ0) is 88.2. The number of ketones is 2. The van der Waals surface area contributed by atoms with Crippen LogP contribution in [0.3, 0.4) is 0 Å². The molecule has 2 aliphatic heterocycles. The number of nitrogens with one attached hydrogen (secondary N) is 4. The predicted octanol–water partition coefficient (Wildman–Crippen LogP) is 18.5.